The highest BCUT2D eigenvalue weighted by Crippen LogP contribution is 2.27. The molecule has 0 saturated carbocycles. The van der Waals surface area contributed by atoms with E-state index in [-0.39, 0.29) is 11.8 Å². The van der Waals surface area contributed by atoms with Crippen molar-refractivity contribution in [1.82, 2.24) is 9.88 Å². The summed E-state index contributed by atoms with van der Waals surface area (Å²) < 4.78 is 0. The summed E-state index contributed by atoms with van der Waals surface area (Å²) >= 11 is 0. The normalized spacial score (nSPS) is 13.9. The number of rotatable bonds is 4. The Bertz CT molecular complexity index is 1360. The molecule has 5 rings (SSSR count). The summed E-state index contributed by atoms with van der Waals surface area (Å²) in [6.07, 6.45) is 4.49. The lowest BCUT2D eigenvalue weighted by Crippen LogP contribution is -2.31. The second-order valence-electron chi connectivity index (χ2n) is 9.13. The summed E-state index contributed by atoms with van der Waals surface area (Å²) in [5, 5.41) is 3.83. The number of amides is 2. The zero-order valence-corrected chi connectivity index (χ0v) is 20.0. The number of para-hydroxylation sites is 1. The molecule has 176 valence electrons. The first-order chi connectivity index (χ1) is 17.1. The Morgan fingerprint density at radius 2 is 1.54 bits per heavy atom. The first-order valence-corrected chi connectivity index (χ1v) is 12.3. The van der Waals surface area contributed by atoms with E-state index in [0.29, 0.717) is 16.8 Å². The third kappa shape index (κ3) is 4.94. The van der Waals surface area contributed by atoms with Crippen molar-refractivity contribution in [1.29, 1.82) is 0 Å². The van der Waals surface area contributed by atoms with Gasteiger partial charge in [0.2, 0.25) is 0 Å². The summed E-state index contributed by atoms with van der Waals surface area (Å²) in [7, 11) is 0. The predicted octanol–water partition coefficient (Wildman–Crippen LogP) is 6.48. The standard InChI is InChI=1S/C30H29N3O2/c1-21-10-9-13-25-26(20-27(32-28(21)25)22-11-5-4-6-12-22)29(34)31-24-16-14-23(15-17-24)30(35)33-18-7-2-3-8-19-33/h4-6,9-17,20H,2-3,7-8,18-19H2,1H3,(H,31,34). The molecule has 0 radical (unpaired) electrons. The molecule has 0 spiro atoms. The van der Waals surface area contributed by atoms with Crippen LogP contribution in [0.3, 0.4) is 0 Å². The zero-order valence-electron chi connectivity index (χ0n) is 20.0. The van der Waals surface area contributed by atoms with Gasteiger partial charge in [-0.05, 0) is 55.7 Å². The van der Waals surface area contributed by atoms with Crippen molar-refractivity contribution in [2.24, 2.45) is 0 Å². The van der Waals surface area contributed by atoms with Gasteiger partial charge in [-0.15, -0.1) is 0 Å². The van der Waals surface area contributed by atoms with E-state index in [9.17, 15) is 9.59 Å². The number of pyridine rings is 1. The maximum atomic E-state index is 13.4. The minimum absolute atomic E-state index is 0.0629. The molecule has 0 atom stereocenters. The molecular formula is C30H29N3O2. The van der Waals surface area contributed by atoms with E-state index in [1.165, 1.54) is 12.8 Å². The van der Waals surface area contributed by atoms with Crippen LogP contribution in [0.5, 0.6) is 0 Å². The maximum absolute atomic E-state index is 13.4. The average Bonchev–Trinajstić information content (AvgIpc) is 3.19. The van der Waals surface area contributed by atoms with Crippen LogP contribution in [-0.4, -0.2) is 34.8 Å². The van der Waals surface area contributed by atoms with E-state index in [2.05, 4.69) is 5.32 Å². The molecule has 4 aromatic rings. The minimum Gasteiger partial charge on any atom is -0.339 e. The van der Waals surface area contributed by atoms with E-state index in [4.69, 9.17) is 4.98 Å². The van der Waals surface area contributed by atoms with Gasteiger partial charge in [0.1, 0.15) is 0 Å². The van der Waals surface area contributed by atoms with E-state index in [0.717, 1.165) is 53.7 Å². The number of aryl methyl sites for hydroxylation is 1. The maximum Gasteiger partial charge on any atom is 0.256 e. The Hall–Kier alpha value is -3.99. The van der Waals surface area contributed by atoms with Crippen LogP contribution in [0.4, 0.5) is 5.69 Å². The van der Waals surface area contributed by atoms with Gasteiger partial charge in [0, 0.05) is 35.3 Å². The van der Waals surface area contributed by atoms with Gasteiger partial charge in [0.25, 0.3) is 11.8 Å². The highest BCUT2D eigenvalue weighted by atomic mass is 16.2. The first-order valence-electron chi connectivity index (χ1n) is 12.3. The van der Waals surface area contributed by atoms with Crippen LogP contribution in [-0.2, 0) is 0 Å². The SMILES string of the molecule is Cc1cccc2c(C(=O)Nc3ccc(C(=O)N4CCCCCC4)cc3)cc(-c3ccccc3)nc12. The fourth-order valence-corrected chi connectivity index (χ4v) is 4.69. The summed E-state index contributed by atoms with van der Waals surface area (Å²) in [4.78, 5) is 33.1. The van der Waals surface area contributed by atoms with Gasteiger partial charge in [-0.3, -0.25) is 9.59 Å². The molecule has 0 aliphatic carbocycles. The van der Waals surface area contributed by atoms with Crippen LogP contribution in [0.2, 0.25) is 0 Å². The van der Waals surface area contributed by atoms with E-state index < -0.39 is 0 Å². The number of aromatic nitrogens is 1. The lowest BCUT2D eigenvalue weighted by molar-refractivity contribution is 0.0761. The molecule has 1 N–H and O–H groups in total. The highest BCUT2D eigenvalue weighted by molar-refractivity contribution is 6.13. The Morgan fingerprint density at radius 1 is 0.829 bits per heavy atom. The van der Waals surface area contributed by atoms with Crippen molar-refractivity contribution in [2.45, 2.75) is 32.6 Å². The van der Waals surface area contributed by atoms with Crippen molar-refractivity contribution in [3.8, 4) is 11.3 Å². The number of nitrogens with zero attached hydrogens (tertiary/aromatic N) is 2. The van der Waals surface area contributed by atoms with Crippen LogP contribution in [0.15, 0.2) is 78.9 Å². The molecule has 1 aliphatic rings. The molecule has 35 heavy (non-hydrogen) atoms. The van der Waals surface area contributed by atoms with E-state index >= 15 is 0 Å². The smallest absolute Gasteiger partial charge is 0.256 e. The predicted molar refractivity (Wildman–Crippen MR) is 141 cm³/mol. The van der Waals surface area contributed by atoms with Gasteiger partial charge in [-0.25, -0.2) is 4.98 Å². The monoisotopic (exact) mass is 463 g/mol. The lowest BCUT2D eigenvalue weighted by Gasteiger charge is -2.20. The van der Waals surface area contributed by atoms with Crippen molar-refractivity contribution in [3.63, 3.8) is 0 Å². The van der Waals surface area contributed by atoms with Crippen LogP contribution in [0.1, 0.15) is 52.0 Å². The average molecular weight is 464 g/mol. The molecule has 1 fully saturated rings. The number of nitrogens with one attached hydrogen (secondary N) is 1. The second-order valence-corrected chi connectivity index (χ2v) is 9.13. The number of hydrogen-bond donors (Lipinski definition) is 1. The molecule has 0 bridgehead atoms. The quantitative estimate of drug-likeness (QED) is 0.377. The van der Waals surface area contributed by atoms with E-state index in [1.807, 2.05) is 66.4 Å². The second kappa shape index (κ2) is 10.1. The summed E-state index contributed by atoms with van der Waals surface area (Å²) in [5.74, 6) is -0.139. The molecular weight excluding hydrogens is 434 g/mol. The Kier molecular flexibility index (Phi) is 6.57. The van der Waals surface area contributed by atoms with E-state index in [1.54, 1.807) is 24.3 Å². The number of carbonyl (C=O) groups is 2. The van der Waals surface area contributed by atoms with Crippen LogP contribution in [0, 0.1) is 6.92 Å². The third-order valence-electron chi connectivity index (χ3n) is 6.64. The Morgan fingerprint density at radius 3 is 2.26 bits per heavy atom. The van der Waals surface area contributed by atoms with Crippen LogP contribution < -0.4 is 5.32 Å². The largest absolute Gasteiger partial charge is 0.339 e. The van der Waals surface area contributed by atoms with Crippen LogP contribution >= 0.6 is 0 Å². The summed E-state index contributed by atoms with van der Waals surface area (Å²) in [6.45, 7) is 3.64. The van der Waals surface area contributed by atoms with Gasteiger partial charge in [-0.1, -0.05) is 61.4 Å². The highest BCUT2D eigenvalue weighted by Gasteiger charge is 2.18. The molecule has 2 heterocycles. The molecule has 0 unspecified atom stereocenters. The number of hydrogen-bond acceptors (Lipinski definition) is 3. The zero-order chi connectivity index (χ0) is 24.2. The molecule has 1 aliphatic heterocycles. The van der Waals surface area contributed by atoms with Crippen molar-refractivity contribution in [2.75, 3.05) is 18.4 Å². The summed E-state index contributed by atoms with van der Waals surface area (Å²) in [5.41, 5.74) is 5.44. The van der Waals surface area contributed by atoms with Gasteiger partial charge >= 0.3 is 0 Å². The Balaban J connectivity index is 1.41. The molecule has 1 aromatic heterocycles. The molecule has 3 aromatic carbocycles. The Labute approximate surface area is 205 Å². The molecule has 1 saturated heterocycles. The number of benzene rings is 3. The van der Waals surface area contributed by atoms with Crippen molar-refractivity contribution >= 4 is 28.4 Å². The number of anilines is 1. The van der Waals surface area contributed by atoms with Crippen molar-refractivity contribution in [3.05, 3.63) is 95.6 Å². The third-order valence-corrected chi connectivity index (χ3v) is 6.64. The summed E-state index contributed by atoms with van der Waals surface area (Å²) in [6, 6.07) is 24.8. The molecule has 5 heteroatoms. The lowest BCUT2D eigenvalue weighted by atomic mass is 10.0. The molecule has 5 nitrogen and oxygen atoms in total. The van der Waals surface area contributed by atoms with Gasteiger partial charge in [-0.2, -0.15) is 0 Å². The fourth-order valence-electron chi connectivity index (χ4n) is 4.69. The molecule has 2 amide bonds. The number of likely N-dealkylation sites (tertiary alicyclic amines) is 1. The van der Waals surface area contributed by atoms with Gasteiger partial charge < -0.3 is 10.2 Å². The van der Waals surface area contributed by atoms with Crippen molar-refractivity contribution < 1.29 is 9.59 Å². The van der Waals surface area contributed by atoms with Gasteiger partial charge in [0.15, 0.2) is 0 Å². The first kappa shape index (κ1) is 22.8. The minimum atomic E-state index is -0.202. The van der Waals surface area contributed by atoms with Crippen LogP contribution in [0.25, 0.3) is 22.2 Å². The number of fused-ring (bicyclic) bond motifs is 1. The fraction of sp³-hybridized carbons (Fsp3) is 0.233. The van der Waals surface area contributed by atoms with Gasteiger partial charge in [0.05, 0.1) is 16.8 Å². The topological polar surface area (TPSA) is 62.3 Å². The number of carbonyl (C=O) groups excluding carboxylic acids is 2.